The second kappa shape index (κ2) is 1.66. The maximum Gasteiger partial charge on any atom is 0.159 e. The van der Waals surface area contributed by atoms with Crippen molar-refractivity contribution in [2.75, 3.05) is 0 Å². The summed E-state index contributed by atoms with van der Waals surface area (Å²) in [7, 11) is 0. The zero-order valence-electron chi connectivity index (χ0n) is 6.05. The number of nitrogens with zero attached hydrogens (tertiary/aromatic N) is 2. The fourth-order valence-corrected chi connectivity index (χ4v) is 1.15. The maximum absolute atomic E-state index is 4.26. The summed E-state index contributed by atoms with van der Waals surface area (Å²) < 4.78 is 0. The topological polar surface area (TPSA) is 24.7 Å². The Morgan fingerprint density at radius 2 is 2.10 bits per heavy atom. The van der Waals surface area contributed by atoms with Crippen LogP contribution in [0, 0.1) is 0 Å². The highest BCUT2D eigenvalue weighted by Gasteiger charge is 2.18. The smallest absolute Gasteiger partial charge is 0.159 e. The van der Waals surface area contributed by atoms with Crippen LogP contribution in [0.4, 0.5) is 0 Å². The molecule has 2 nitrogen and oxygen atoms in total. The molecule has 0 aromatic rings. The van der Waals surface area contributed by atoms with Gasteiger partial charge in [-0.05, 0) is 25.5 Å². The molecule has 2 heterocycles. The Bertz CT molecular complexity index is 303. The minimum absolute atomic E-state index is 0.884. The minimum Gasteiger partial charge on any atom is -0.237 e. The lowest BCUT2D eigenvalue weighted by atomic mass is 10.1. The van der Waals surface area contributed by atoms with Crippen LogP contribution in [0.25, 0.3) is 0 Å². The van der Waals surface area contributed by atoms with Crippen molar-refractivity contribution in [3.63, 3.8) is 0 Å². The summed E-state index contributed by atoms with van der Waals surface area (Å²) in [6.45, 7) is 4.09. The van der Waals surface area contributed by atoms with Crippen LogP contribution in [0.15, 0.2) is 33.4 Å². The van der Waals surface area contributed by atoms with E-state index in [0.29, 0.717) is 0 Å². The normalized spacial score (nSPS) is 21.4. The molecule has 50 valence electrons. The van der Waals surface area contributed by atoms with Crippen LogP contribution >= 0.6 is 0 Å². The minimum atomic E-state index is 0.884. The van der Waals surface area contributed by atoms with Gasteiger partial charge >= 0.3 is 0 Å². The molecule has 0 aliphatic carbocycles. The summed E-state index contributed by atoms with van der Waals surface area (Å²) in [5.41, 5.74) is 3.54. The van der Waals surface area contributed by atoms with Crippen molar-refractivity contribution < 1.29 is 0 Å². The van der Waals surface area contributed by atoms with Gasteiger partial charge in [0, 0.05) is 17.5 Å². The van der Waals surface area contributed by atoms with E-state index in [0.717, 1.165) is 11.5 Å². The molecule has 0 N–H and O–H groups in total. The Hall–Kier alpha value is -1.18. The van der Waals surface area contributed by atoms with Gasteiger partial charge in [-0.3, -0.25) is 0 Å². The molecule has 0 radical (unpaired) electrons. The van der Waals surface area contributed by atoms with Crippen molar-refractivity contribution in [3.8, 4) is 0 Å². The van der Waals surface area contributed by atoms with Gasteiger partial charge in [-0.2, -0.15) is 0 Å². The van der Waals surface area contributed by atoms with E-state index in [1.165, 1.54) is 11.1 Å². The first-order valence-electron chi connectivity index (χ1n) is 3.30. The summed E-state index contributed by atoms with van der Waals surface area (Å²) in [6, 6.07) is 0. The van der Waals surface area contributed by atoms with Gasteiger partial charge in [-0.1, -0.05) is 0 Å². The molecule has 0 unspecified atom stereocenters. The monoisotopic (exact) mass is 132 g/mol. The molecule has 0 fully saturated rings. The van der Waals surface area contributed by atoms with Crippen molar-refractivity contribution in [2.45, 2.75) is 13.8 Å². The van der Waals surface area contributed by atoms with Crippen molar-refractivity contribution in [1.82, 2.24) is 0 Å². The second-order valence-electron chi connectivity index (χ2n) is 2.50. The van der Waals surface area contributed by atoms with Gasteiger partial charge in [0.1, 0.15) is 0 Å². The van der Waals surface area contributed by atoms with E-state index in [4.69, 9.17) is 0 Å². The summed E-state index contributed by atoms with van der Waals surface area (Å²) in [5.74, 6) is 0.884. The van der Waals surface area contributed by atoms with Crippen LogP contribution in [0.3, 0.4) is 0 Å². The molecular formula is C8H8N2. The largest absolute Gasteiger partial charge is 0.237 e. The van der Waals surface area contributed by atoms with E-state index < -0.39 is 0 Å². The number of amidine groups is 1. The fourth-order valence-electron chi connectivity index (χ4n) is 1.15. The summed E-state index contributed by atoms with van der Waals surface area (Å²) >= 11 is 0. The van der Waals surface area contributed by atoms with Crippen molar-refractivity contribution in [1.29, 1.82) is 0 Å². The van der Waals surface area contributed by atoms with Crippen LogP contribution in [0.2, 0.25) is 0 Å². The molecule has 2 rings (SSSR count). The average Bonchev–Trinajstić information content (AvgIpc) is 2.41. The molecular weight excluding hydrogens is 124 g/mol. The van der Waals surface area contributed by atoms with E-state index >= 15 is 0 Å². The number of fused-ring (bicyclic) bond motifs is 1. The molecule has 2 aliphatic heterocycles. The third-order valence-corrected chi connectivity index (χ3v) is 1.90. The number of allylic oxidation sites excluding steroid dienone is 1. The molecule has 0 amide bonds. The Balaban J connectivity index is 2.61. The van der Waals surface area contributed by atoms with E-state index in [-0.39, 0.29) is 0 Å². The lowest BCUT2D eigenvalue weighted by Gasteiger charge is -1.90. The number of rotatable bonds is 0. The number of aliphatic imine (C=N–C) groups is 2. The zero-order chi connectivity index (χ0) is 7.14. The van der Waals surface area contributed by atoms with Crippen LogP contribution < -0.4 is 0 Å². The Morgan fingerprint density at radius 1 is 1.30 bits per heavy atom. The van der Waals surface area contributed by atoms with Crippen LogP contribution in [-0.4, -0.2) is 11.5 Å². The van der Waals surface area contributed by atoms with E-state index in [1.54, 1.807) is 6.20 Å². The number of hydrogen-bond donors (Lipinski definition) is 0. The molecule has 0 saturated heterocycles. The molecule has 0 saturated carbocycles. The van der Waals surface area contributed by atoms with Gasteiger partial charge in [-0.25, -0.2) is 9.98 Å². The van der Waals surface area contributed by atoms with Crippen molar-refractivity contribution >= 4 is 11.5 Å². The quantitative estimate of drug-likeness (QED) is 0.479. The highest BCUT2D eigenvalue weighted by molar-refractivity contribution is 6.22. The van der Waals surface area contributed by atoms with Crippen LogP contribution in [-0.2, 0) is 0 Å². The third-order valence-electron chi connectivity index (χ3n) is 1.90. The maximum atomic E-state index is 4.26. The first-order valence-corrected chi connectivity index (χ1v) is 3.30. The SMILES string of the molecule is CC1=NC2=NC=CC2=C1C. The average molecular weight is 132 g/mol. The molecule has 0 aromatic carbocycles. The summed E-state index contributed by atoms with van der Waals surface area (Å²) in [4.78, 5) is 8.35. The predicted octanol–water partition coefficient (Wildman–Crippen LogP) is 1.70. The number of hydrogen-bond acceptors (Lipinski definition) is 2. The third kappa shape index (κ3) is 0.533. The summed E-state index contributed by atoms with van der Waals surface area (Å²) in [6.07, 6.45) is 3.80. The first kappa shape index (κ1) is 5.59. The predicted molar refractivity (Wildman–Crippen MR) is 42.4 cm³/mol. The van der Waals surface area contributed by atoms with Crippen LogP contribution in [0.5, 0.6) is 0 Å². The molecule has 0 bridgehead atoms. The van der Waals surface area contributed by atoms with E-state index in [1.807, 2.05) is 13.0 Å². The van der Waals surface area contributed by atoms with Gasteiger partial charge in [0.05, 0.1) is 0 Å². The first-order chi connectivity index (χ1) is 4.79. The van der Waals surface area contributed by atoms with E-state index in [9.17, 15) is 0 Å². The lowest BCUT2D eigenvalue weighted by molar-refractivity contribution is 1.53. The van der Waals surface area contributed by atoms with Gasteiger partial charge in [0.25, 0.3) is 0 Å². The second-order valence-corrected chi connectivity index (χ2v) is 2.50. The lowest BCUT2D eigenvalue weighted by Crippen LogP contribution is -1.88. The van der Waals surface area contributed by atoms with Crippen molar-refractivity contribution in [3.05, 3.63) is 23.4 Å². The van der Waals surface area contributed by atoms with Gasteiger partial charge in [0.15, 0.2) is 5.84 Å². The highest BCUT2D eigenvalue weighted by atomic mass is 14.9. The fraction of sp³-hybridized carbons (Fsp3) is 0.250. The molecule has 0 spiro atoms. The standard InChI is InChI=1S/C8H8N2/c1-5-6(2)10-8-7(5)3-4-9-8/h3-4H,1-2H3. The van der Waals surface area contributed by atoms with Crippen molar-refractivity contribution in [2.24, 2.45) is 9.98 Å². The van der Waals surface area contributed by atoms with Gasteiger partial charge in [-0.15, -0.1) is 0 Å². The highest BCUT2D eigenvalue weighted by Crippen LogP contribution is 2.22. The Kier molecular flexibility index (Phi) is 0.926. The molecule has 10 heavy (non-hydrogen) atoms. The molecule has 2 heteroatoms. The molecule has 0 atom stereocenters. The Labute approximate surface area is 59.7 Å². The van der Waals surface area contributed by atoms with Crippen LogP contribution in [0.1, 0.15) is 13.8 Å². The van der Waals surface area contributed by atoms with E-state index in [2.05, 4.69) is 16.9 Å². The molecule has 0 aromatic heterocycles. The van der Waals surface area contributed by atoms with Gasteiger partial charge in [0.2, 0.25) is 0 Å². The zero-order valence-corrected chi connectivity index (χ0v) is 6.05. The molecule has 2 aliphatic rings. The van der Waals surface area contributed by atoms with Gasteiger partial charge < -0.3 is 0 Å². The summed E-state index contributed by atoms with van der Waals surface area (Å²) in [5, 5.41) is 0. The Morgan fingerprint density at radius 3 is 2.80 bits per heavy atom.